The molecule has 1 heterocycles. The number of esters is 1. The largest absolute Gasteiger partial charge is 0.493 e. The molecule has 2 aromatic carbocycles. The zero-order valence-corrected chi connectivity index (χ0v) is 15.6. The lowest BCUT2D eigenvalue weighted by molar-refractivity contribution is 0.0729. The minimum atomic E-state index is -0.646. The van der Waals surface area contributed by atoms with Crippen LogP contribution in [0.2, 0.25) is 0 Å². The summed E-state index contributed by atoms with van der Waals surface area (Å²) in [5.41, 5.74) is 3.60. The number of aryl methyl sites for hydroxylation is 1. The molecule has 0 saturated carbocycles. The van der Waals surface area contributed by atoms with Gasteiger partial charge in [-0.1, -0.05) is 0 Å². The molecule has 0 atom stereocenters. The summed E-state index contributed by atoms with van der Waals surface area (Å²) in [7, 11) is 1.43. The van der Waals surface area contributed by atoms with Crippen molar-refractivity contribution in [3.8, 4) is 11.5 Å². The highest BCUT2D eigenvalue weighted by atomic mass is 19.1. The molecule has 148 valence electrons. The molecule has 8 heteroatoms. The Kier molecular flexibility index (Phi) is 6.03. The average molecular weight is 396 g/mol. The number of carbonyl (C=O) groups is 2. The van der Waals surface area contributed by atoms with Gasteiger partial charge in [0.15, 0.2) is 11.5 Å². The van der Waals surface area contributed by atoms with Gasteiger partial charge in [0.05, 0.1) is 30.7 Å². The number of methoxy groups -OCH3 is 1. The number of nitrogens with zero attached hydrogens (tertiary/aromatic N) is 1. The van der Waals surface area contributed by atoms with Crippen molar-refractivity contribution in [2.24, 2.45) is 5.10 Å². The maximum atomic E-state index is 13.0. The van der Waals surface area contributed by atoms with Crippen molar-refractivity contribution in [2.75, 3.05) is 7.11 Å². The van der Waals surface area contributed by atoms with Crippen LogP contribution in [0.5, 0.6) is 11.5 Å². The number of halogens is 1. The average Bonchev–Trinajstić information content (AvgIpc) is 3.15. The zero-order valence-electron chi connectivity index (χ0n) is 15.6. The van der Waals surface area contributed by atoms with Gasteiger partial charge in [-0.05, 0) is 61.0 Å². The van der Waals surface area contributed by atoms with Crippen LogP contribution in [0.3, 0.4) is 0 Å². The fourth-order valence-corrected chi connectivity index (χ4v) is 2.44. The van der Waals surface area contributed by atoms with Crippen LogP contribution in [0, 0.1) is 12.7 Å². The standard InChI is InChI=1S/C21H17FN2O5/c1-13-17(9-10-28-13)20(25)24-23-12-14-3-8-18(19(11-14)27-2)29-21(26)15-4-6-16(22)7-5-15/h3-12H,1-2H3,(H,24,25)/b23-12+. The van der Waals surface area contributed by atoms with Gasteiger partial charge in [0.1, 0.15) is 11.6 Å². The number of rotatable bonds is 6. The summed E-state index contributed by atoms with van der Waals surface area (Å²) < 4.78 is 28.6. The van der Waals surface area contributed by atoms with Crippen LogP contribution in [0.15, 0.2) is 64.3 Å². The molecule has 0 aliphatic carbocycles. The number of hydrogen-bond donors (Lipinski definition) is 1. The number of ether oxygens (including phenoxy) is 2. The zero-order chi connectivity index (χ0) is 20.8. The van der Waals surface area contributed by atoms with E-state index in [0.29, 0.717) is 22.6 Å². The van der Waals surface area contributed by atoms with Gasteiger partial charge in [-0.25, -0.2) is 14.6 Å². The van der Waals surface area contributed by atoms with E-state index in [2.05, 4.69) is 10.5 Å². The second-order valence-corrected chi connectivity index (χ2v) is 5.90. The first-order valence-electron chi connectivity index (χ1n) is 8.51. The quantitative estimate of drug-likeness (QED) is 0.297. The number of amides is 1. The fraction of sp³-hybridized carbons (Fsp3) is 0.0952. The van der Waals surface area contributed by atoms with Crippen molar-refractivity contribution < 1.29 is 27.9 Å². The normalized spacial score (nSPS) is 10.7. The summed E-state index contributed by atoms with van der Waals surface area (Å²) in [4.78, 5) is 24.2. The van der Waals surface area contributed by atoms with Crippen molar-refractivity contribution in [2.45, 2.75) is 6.92 Å². The molecule has 3 aromatic rings. The summed E-state index contributed by atoms with van der Waals surface area (Å²) in [6.45, 7) is 1.68. The number of carbonyl (C=O) groups excluding carboxylic acids is 2. The predicted octanol–water partition coefficient (Wildman–Crippen LogP) is 3.72. The molecule has 29 heavy (non-hydrogen) atoms. The van der Waals surface area contributed by atoms with E-state index in [1.807, 2.05) is 0 Å². The first-order chi connectivity index (χ1) is 14.0. The number of hydrazone groups is 1. The number of nitrogens with one attached hydrogen (secondary N) is 1. The number of benzene rings is 2. The van der Waals surface area contributed by atoms with Crippen LogP contribution in [0.4, 0.5) is 4.39 Å². The Morgan fingerprint density at radius 2 is 1.86 bits per heavy atom. The highest BCUT2D eigenvalue weighted by Gasteiger charge is 2.13. The van der Waals surface area contributed by atoms with Crippen molar-refractivity contribution in [1.82, 2.24) is 5.43 Å². The molecule has 0 unspecified atom stereocenters. The molecule has 0 saturated heterocycles. The van der Waals surface area contributed by atoms with Crippen LogP contribution >= 0.6 is 0 Å². The van der Waals surface area contributed by atoms with Gasteiger partial charge in [-0.2, -0.15) is 5.10 Å². The summed E-state index contributed by atoms with van der Waals surface area (Å²) in [5.74, 6) is -0.514. The smallest absolute Gasteiger partial charge is 0.343 e. The van der Waals surface area contributed by atoms with E-state index in [0.717, 1.165) is 0 Å². The molecule has 0 fully saturated rings. The lowest BCUT2D eigenvalue weighted by atomic mass is 10.2. The maximum Gasteiger partial charge on any atom is 0.343 e. The highest BCUT2D eigenvalue weighted by Crippen LogP contribution is 2.28. The lowest BCUT2D eigenvalue weighted by Gasteiger charge is -2.10. The third kappa shape index (κ3) is 4.86. The predicted molar refractivity (Wildman–Crippen MR) is 103 cm³/mol. The van der Waals surface area contributed by atoms with Gasteiger partial charge in [-0.15, -0.1) is 0 Å². The van der Waals surface area contributed by atoms with E-state index >= 15 is 0 Å². The molecule has 0 bridgehead atoms. The summed E-state index contributed by atoms with van der Waals surface area (Å²) >= 11 is 0. The molecular formula is C21H17FN2O5. The van der Waals surface area contributed by atoms with Crippen LogP contribution in [-0.4, -0.2) is 25.2 Å². The molecule has 7 nitrogen and oxygen atoms in total. The van der Waals surface area contributed by atoms with Crippen molar-refractivity contribution in [1.29, 1.82) is 0 Å². The Morgan fingerprint density at radius 1 is 1.10 bits per heavy atom. The van der Waals surface area contributed by atoms with Crippen LogP contribution < -0.4 is 14.9 Å². The topological polar surface area (TPSA) is 90.1 Å². The third-order valence-electron chi connectivity index (χ3n) is 3.95. The molecule has 0 radical (unpaired) electrons. The maximum absolute atomic E-state index is 13.0. The van der Waals surface area contributed by atoms with E-state index < -0.39 is 17.7 Å². The first kappa shape index (κ1) is 19.8. The summed E-state index contributed by atoms with van der Waals surface area (Å²) in [6.07, 6.45) is 2.84. The van der Waals surface area contributed by atoms with E-state index in [1.54, 1.807) is 25.1 Å². The fourth-order valence-electron chi connectivity index (χ4n) is 2.44. The minimum Gasteiger partial charge on any atom is -0.493 e. The molecule has 0 aliphatic heterocycles. The second kappa shape index (κ2) is 8.83. The Hall–Kier alpha value is -3.94. The first-order valence-corrected chi connectivity index (χ1v) is 8.51. The van der Waals surface area contributed by atoms with E-state index in [9.17, 15) is 14.0 Å². The van der Waals surface area contributed by atoms with Crippen molar-refractivity contribution in [3.05, 3.63) is 83.1 Å². The Bertz CT molecular complexity index is 1060. The van der Waals surface area contributed by atoms with E-state index in [1.165, 1.54) is 49.9 Å². The summed E-state index contributed by atoms with van der Waals surface area (Å²) in [6, 6.07) is 11.3. The highest BCUT2D eigenvalue weighted by molar-refractivity contribution is 5.95. The van der Waals surface area contributed by atoms with Gasteiger partial charge in [0.2, 0.25) is 0 Å². The lowest BCUT2D eigenvalue weighted by Crippen LogP contribution is -2.17. The van der Waals surface area contributed by atoms with Gasteiger partial charge < -0.3 is 13.9 Å². The van der Waals surface area contributed by atoms with Gasteiger partial charge in [0, 0.05) is 0 Å². The molecule has 3 rings (SSSR count). The van der Waals surface area contributed by atoms with Gasteiger partial charge >= 0.3 is 5.97 Å². The van der Waals surface area contributed by atoms with Crippen molar-refractivity contribution in [3.63, 3.8) is 0 Å². The Balaban J connectivity index is 1.68. The molecule has 1 N–H and O–H groups in total. The number of hydrogen-bond acceptors (Lipinski definition) is 6. The Labute approximate surface area is 165 Å². The van der Waals surface area contributed by atoms with E-state index in [-0.39, 0.29) is 11.3 Å². The van der Waals surface area contributed by atoms with Gasteiger partial charge in [0.25, 0.3) is 5.91 Å². The number of furan rings is 1. The Morgan fingerprint density at radius 3 is 2.52 bits per heavy atom. The molecule has 1 aromatic heterocycles. The van der Waals surface area contributed by atoms with Crippen LogP contribution in [0.25, 0.3) is 0 Å². The van der Waals surface area contributed by atoms with Crippen LogP contribution in [0.1, 0.15) is 32.0 Å². The van der Waals surface area contributed by atoms with Crippen molar-refractivity contribution >= 4 is 18.1 Å². The monoisotopic (exact) mass is 396 g/mol. The van der Waals surface area contributed by atoms with E-state index in [4.69, 9.17) is 13.9 Å². The van der Waals surface area contributed by atoms with Gasteiger partial charge in [-0.3, -0.25) is 4.79 Å². The third-order valence-corrected chi connectivity index (χ3v) is 3.95. The molecule has 0 aliphatic rings. The SMILES string of the molecule is COc1cc(/C=N/NC(=O)c2ccoc2C)ccc1OC(=O)c1ccc(F)cc1. The molecule has 0 spiro atoms. The molecule has 1 amide bonds. The summed E-state index contributed by atoms with van der Waals surface area (Å²) in [5, 5.41) is 3.90. The molecular weight excluding hydrogens is 379 g/mol. The minimum absolute atomic E-state index is 0.192. The van der Waals surface area contributed by atoms with Crippen LogP contribution in [-0.2, 0) is 0 Å². The second-order valence-electron chi connectivity index (χ2n) is 5.90.